The van der Waals surface area contributed by atoms with E-state index in [-0.39, 0.29) is 11.8 Å². The molecular formula is C14H12BrF2NO. The van der Waals surface area contributed by atoms with Crippen molar-refractivity contribution in [3.63, 3.8) is 0 Å². The van der Waals surface area contributed by atoms with Crippen LogP contribution >= 0.6 is 15.9 Å². The van der Waals surface area contributed by atoms with Gasteiger partial charge in [0.15, 0.2) is 11.6 Å². The van der Waals surface area contributed by atoms with E-state index < -0.39 is 11.6 Å². The number of halogens is 3. The Morgan fingerprint density at radius 3 is 2.53 bits per heavy atom. The molecule has 2 aromatic carbocycles. The van der Waals surface area contributed by atoms with Gasteiger partial charge in [0.1, 0.15) is 5.75 Å². The summed E-state index contributed by atoms with van der Waals surface area (Å²) in [6, 6.07) is 8.90. The third kappa shape index (κ3) is 3.11. The molecule has 0 aliphatic heterocycles. The molecule has 0 saturated carbocycles. The molecule has 0 fully saturated rings. The zero-order valence-corrected chi connectivity index (χ0v) is 11.7. The standard InChI is InChI=1S/C14H12BrF2NO/c1-8(18)9-5-6-12(10(15)7-9)19-13-4-2-3-11(16)14(13)17/h2-8H,18H2,1H3/t8-/m0/s1. The van der Waals surface area contributed by atoms with Gasteiger partial charge in [-0.05, 0) is 52.7 Å². The molecule has 0 bridgehead atoms. The maximum absolute atomic E-state index is 13.5. The Balaban J connectivity index is 2.31. The second-order valence-electron chi connectivity index (χ2n) is 4.13. The van der Waals surface area contributed by atoms with Gasteiger partial charge in [-0.15, -0.1) is 0 Å². The van der Waals surface area contributed by atoms with E-state index in [1.165, 1.54) is 12.1 Å². The van der Waals surface area contributed by atoms with Crippen LogP contribution in [0.4, 0.5) is 8.78 Å². The molecule has 0 unspecified atom stereocenters. The first-order valence-corrected chi connectivity index (χ1v) is 6.45. The van der Waals surface area contributed by atoms with E-state index in [1.54, 1.807) is 18.2 Å². The number of hydrogen-bond donors (Lipinski definition) is 1. The molecule has 2 nitrogen and oxygen atoms in total. The van der Waals surface area contributed by atoms with E-state index in [0.29, 0.717) is 10.2 Å². The van der Waals surface area contributed by atoms with E-state index in [0.717, 1.165) is 11.6 Å². The highest BCUT2D eigenvalue weighted by atomic mass is 79.9. The van der Waals surface area contributed by atoms with Crippen LogP contribution in [-0.4, -0.2) is 0 Å². The van der Waals surface area contributed by atoms with Gasteiger partial charge < -0.3 is 10.5 Å². The van der Waals surface area contributed by atoms with Gasteiger partial charge in [-0.3, -0.25) is 0 Å². The Bertz CT molecular complexity index is 602. The maximum atomic E-state index is 13.5. The SMILES string of the molecule is C[C@H](N)c1ccc(Oc2cccc(F)c2F)c(Br)c1. The van der Waals surface area contributed by atoms with Crippen molar-refractivity contribution in [2.75, 3.05) is 0 Å². The third-order valence-corrected chi connectivity index (χ3v) is 3.24. The molecule has 0 amide bonds. The van der Waals surface area contributed by atoms with Crippen molar-refractivity contribution >= 4 is 15.9 Å². The van der Waals surface area contributed by atoms with E-state index in [1.807, 2.05) is 6.92 Å². The number of rotatable bonds is 3. The lowest BCUT2D eigenvalue weighted by atomic mass is 10.1. The Morgan fingerprint density at radius 1 is 1.16 bits per heavy atom. The largest absolute Gasteiger partial charge is 0.453 e. The lowest BCUT2D eigenvalue weighted by Crippen LogP contribution is -2.04. The van der Waals surface area contributed by atoms with Crippen LogP contribution in [0.25, 0.3) is 0 Å². The smallest absolute Gasteiger partial charge is 0.201 e. The summed E-state index contributed by atoms with van der Waals surface area (Å²) in [4.78, 5) is 0. The predicted molar refractivity (Wildman–Crippen MR) is 73.2 cm³/mol. The molecule has 2 rings (SSSR count). The molecular weight excluding hydrogens is 316 g/mol. The van der Waals surface area contributed by atoms with Gasteiger partial charge in [-0.1, -0.05) is 12.1 Å². The van der Waals surface area contributed by atoms with Crippen LogP contribution in [0.15, 0.2) is 40.9 Å². The fourth-order valence-corrected chi connectivity index (χ4v) is 2.04. The minimum atomic E-state index is -1.01. The molecule has 2 N–H and O–H groups in total. The van der Waals surface area contributed by atoms with Gasteiger partial charge in [-0.2, -0.15) is 4.39 Å². The van der Waals surface area contributed by atoms with Gasteiger partial charge in [0.2, 0.25) is 5.82 Å². The number of benzene rings is 2. The molecule has 2 aromatic rings. The zero-order chi connectivity index (χ0) is 14.0. The average Bonchev–Trinajstić information content (AvgIpc) is 2.37. The molecule has 19 heavy (non-hydrogen) atoms. The molecule has 0 radical (unpaired) electrons. The van der Waals surface area contributed by atoms with Crippen molar-refractivity contribution in [3.05, 3.63) is 58.1 Å². The molecule has 5 heteroatoms. The van der Waals surface area contributed by atoms with E-state index >= 15 is 0 Å². The fourth-order valence-electron chi connectivity index (χ4n) is 1.56. The van der Waals surface area contributed by atoms with Gasteiger partial charge >= 0.3 is 0 Å². The third-order valence-electron chi connectivity index (χ3n) is 2.62. The van der Waals surface area contributed by atoms with E-state index in [4.69, 9.17) is 10.5 Å². The summed E-state index contributed by atoms with van der Waals surface area (Å²) >= 11 is 3.32. The summed E-state index contributed by atoms with van der Waals surface area (Å²) in [6.07, 6.45) is 0. The van der Waals surface area contributed by atoms with Gasteiger partial charge in [0.05, 0.1) is 4.47 Å². The summed E-state index contributed by atoms with van der Waals surface area (Å²) in [5.74, 6) is -1.71. The first-order valence-electron chi connectivity index (χ1n) is 5.66. The molecule has 0 saturated heterocycles. The van der Waals surface area contributed by atoms with Crippen molar-refractivity contribution in [2.24, 2.45) is 5.73 Å². The monoisotopic (exact) mass is 327 g/mol. The zero-order valence-electron chi connectivity index (χ0n) is 10.2. The van der Waals surface area contributed by atoms with Crippen LogP contribution in [0.5, 0.6) is 11.5 Å². The highest BCUT2D eigenvalue weighted by molar-refractivity contribution is 9.10. The lowest BCUT2D eigenvalue weighted by molar-refractivity contribution is 0.414. The molecule has 100 valence electrons. The Kier molecular flexibility index (Phi) is 4.17. The molecule has 0 aromatic heterocycles. The van der Waals surface area contributed by atoms with Crippen LogP contribution in [-0.2, 0) is 0 Å². The quantitative estimate of drug-likeness (QED) is 0.898. The fraction of sp³-hybridized carbons (Fsp3) is 0.143. The maximum Gasteiger partial charge on any atom is 0.201 e. The predicted octanol–water partition coefficient (Wildman–Crippen LogP) is 4.54. The molecule has 0 aliphatic carbocycles. The number of nitrogens with two attached hydrogens (primary N) is 1. The minimum absolute atomic E-state index is 0.115. The molecule has 0 heterocycles. The topological polar surface area (TPSA) is 35.2 Å². The number of ether oxygens (including phenoxy) is 1. The first-order chi connectivity index (χ1) is 8.99. The lowest BCUT2D eigenvalue weighted by Gasteiger charge is -2.11. The van der Waals surface area contributed by atoms with Crippen LogP contribution in [0.2, 0.25) is 0 Å². The average molecular weight is 328 g/mol. The van der Waals surface area contributed by atoms with Gasteiger partial charge in [-0.25, -0.2) is 4.39 Å². The van der Waals surface area contributed by atoms with Crippen LogP contribution in [0, 0.1) is 11.6 Å². The molecule has 0 aliphatic rings. The number of hydrogen-bond acceptors (Lipinski definition) is 2. The van der Waals surface area contributed by atoms with Crippen molar-refractivity contribution < 1.29 is 13.5 Å². The van der Waals surface area contributed by atoms with Crippen molar-refractivity contribution in [3.8, 4) is 11.5 Å². The first kappa shape index (κ1) is 14.0. The summed E-state index contributed by atoms with van der Waals surface area (Å²) < 4.78 is 32.5. The Morgan fingerprint density at radius 2 is 1.89 bits per heavy atom. The van der Waals surface area contributed by atoms with Crippen molar-refractivity contribution in [2.45, 2.75) is 13.0 Å². The Hall–Kier alpha value is -1.46. The van der Waals surface area contributed by atoms with Crippen molar-refractivity contribution in [1.29, 1.82) is 0 Å². The second-order valence-corrected chi connectivity index (χ2v) is 4.99. The normalized spacial score (nSPS) is 12.3. The summed E-state index contributed by atoms with van der Waals surface area (Å²) in [6.45, 7) is 1.86. The summed E-state index contributed by atoms with van der Waals surface area (Å²) in [7, 11) is 0. The van der Waals surface area contributed by atoms with Crippen LogP contribution in [0.3, 0.4) is 0 Å². The van der Waals surface area contributed by atoms with Crippen LogP contribution < -0.4 is 10.5 Å². The highest BCUT2D eigenvalue weighted by Gasteiger charge is 2.12. The molecule has 1 atom stereocenters. The second kappa shape index (κ2) is 5.67. The van der Waals surface area contributed by atoms with E-state index in [2.05, 4.69) is 15.9 Å². The van der Waals surface area contributed by atoms with Gasteiger partial charge in [0.25, 0.3) is 0 Å². The minimum Gasteiger partial charge on any atom is -0.453 e. The van der Waals surface area contributed by atoms with E-state index in [9.17, 15) is 8.78 Å². The van der Waals surface area contributed by atoms with Gasteiger partial charge in [0, 0.05) is 6.04 Å². The van der Waals surface area contributed by atoms with Crippen LogP contribution in [0.1, 0.15) is 18.5 Å². The molecule has 0 spiro atoms. The summed E-state index contributed by atoms with van der Waals surface area (Å²) in [5.41, 5.74) is 6.67. The Labute approximate surface area is 118 Å². The summed E-state index contributed by atoms with van der Waals surface area (Å²) in [5, 5.41) is 0. The highest BCUT2D eigenvalue weighted by Crippen LogP contribution is 2.33. The van der Waals surface area contributed by atoms with Crippen molar-refractivity contribution in [1.82, 2.24) is 0 Å².